The van der Waals surface area contributed by atoms with E-state index < -0.39 is 0 Å². The largest absolute Gasteiger partial charge is 0.400 e. The van der Waals surface area contributed by atoms with Crippen LogP contribution in [-0.4, -0.2) is 24.3 Å². The van der Waals surface area contributed by atoms with E-state index in [4.69, 9.17) is 5.73 Å². The van der Waals surface area contributed by atoms with Gasteiger partial charge < -0.3 is 5.73 Å². The van der Waals surface area contributed by atoms with Crippen LogP contribution in [-0.2, 0) is 0 Å². The molecule has 2 rings (SSSR count). The lowest BCUT2D eigenvalue weighted by Crippen LogP contribution is -2.29. The van der Waals surface area contributed by atoms with Crippen LogP contribution in [0.15, 0.2) is 16.9 Å². The molecular weight excluding hydrogens is 174 g/mol. The van der Waals surface area contributed by atoms with Crippen molar-refractivity contribution in [3.63, 3.8) is 0 Å². The van der Waals surface area contributed by atoms with Crippen LogP contribution in [0.2, 0.25) is 0 Å². The third-order valence-electron chi connectivity index (χ3n) is 3.05. The van der Waals surface area contributed by atoms with E-state index in [1.165, 1.54) is 37.8 Å². The maximum atomic E-state index is 5.86. The van der Waals surface area contributed by atoms with Gasteiger partial charge in [-0.1, -0.05) is 19.3 Å². The Bertz CT molecular complexity index is 262. The van der Waals surface area contributed by atoms with Crippen LogP contribution < -0.4 is 5.73 Å². The van der Waals surface area contributed by atoms with Gasteiger partial charge in [-0.15, -0.1) is 0 Å². The minimum Gasteiger partial charge on any atom is -0.400 e. The molecule has 1 heterocycles. The molecule has 3 heteroatoms. The predicted octanol–water partition coefficient (Wildman–Crippen LogP) is 1.71. The van der Waals surface area contributed by atoms with E-state index in [1.54, 1.807) is 0 Å². The van der Waals surface area contributed by atoms with Crippen LogP contribution in [0.5, 0.6) is 0 Å². The Kier molecular flexibility index (Phi) is 2.75. The van der Waals surface area contributed by atoms with Gasteiger partial charge >= 0.3 is 0 Å². The van der Waals surface area contributed by atoms with Crippen molar-refractivity contribution in [2.45, 2.75) is 32.1 Å². The van der Waals surface area contributed by atoms with E-state index in [2.05, 4.69) is 11.2 Å². The van der Waals surface area contributed by atoms with Gasteiger partial charge in [0.1, 0.15) is 0 Å². The van der Waals surface area contributed by atoms with Crippen LogP contribution in [0, 0.1) is 5.92 Å². The highest BCUT2D eigenvalue weighted by molar-refractivity contribution is 5.97. The van der Waals surface area contributed by atoms with Crippen LogP contribution in [0.25, 0.3) is 0 Å². The smallest absolute Gasteiger partial charge is 0.0752 e. The second-order valence-corrected chi connectivity index (χ2v) is 4.39. The molecule has 1 saturated carbocycles. The van der Waals surface area contributed by atoms with Crippen molar-refractivity contribution in [3.8, 4) is 0 Å². The van der Waals surface area contributed by atoms with E-state index in [1.807, 2.05) is 12.1 Å². The number of likely N-dealkylation sites (N-methyl/N-ethyl adjacent to an activating group) is 1. The molecule has 0 radical (unpaired) electrons. The maximum absolute atomic E-state index is 5.86. The number of hydrogen-bond acceptors (Lipinski definition) is 3. The van der Waals surface area contributed by atoms with E-state index >= 15 is 0 Å². The van der Waals surface area contributed by atoms with Crippen LogP contribution in [0.4, 0.5) is 0 Å². The van der Waals surface area contributed by atoms with Gasteiger partial charge in [0.2, 0.25) is 0 Å². The number of nitrogens with two attached hydrogens (primary N) is 1. The topological polar surface area (TPSA) is 41.6 Å². The van der Waals surface area contributed by atoms with Crippen molar-refractivity contribution < 1.29 is 0 Å². The number of hydrazone groups is 1. The Morgan fingerprint density at radius 1 is 1.36 bits per heavy atom. The zero-order valence-electron chi connectivity index (χ0n) is 8.87. The molecule has 0 spiro atoms. The molecule has 78 valence electrons. The van der Waals surface area contributed by atoms with Gasteiger partial charge in [0.05, 0.1) is 12.3 Å². The number of allylic oxidation sites excluding steroid dienone is 1. The van der Waals surface area contributed by atoms with Crippen LogP contribution in [0.3, 0.4) is 0 Å². The lowest BCUT2D eigenvalue weighted by Gasteiger charge is -2.27. The SMILES string of the molecule is CN1CC(N)=CC(C2CCCCC2)=N1. The van der Waals surface area contributed by atoms with Gasteiger partial charge in [-0.2, -0.15) is 5.10 Å². The normalized spacial score (nSPS) is 24.5. The van der Waals surface area contributed by atoms with Crippen molar-refractivity contribution in [3.05, 3.63) is 11.8 Å². The first-order valence-corrected chi connectivity index (χ1v) is 5.51. The maximum Gasteiger partial charge on any atom is 0.0752 e. The average Bonchev–Trinajstić information content (AvgIpc) is 2.18. The molecule has 1 aliphatic carbocycles. The van der Waals surface area contributed by atoms with Gasteiger partial charge in [-0.05, 0) is 18.9 Å². The molecule has 1 fully saturated rings. The Labute approximate surface area is 85.7 Å². The summed E-state index contributed by atoms with van der Waals surface area (Å²) in [6.45, 7) is 0.774. The van der Waals surface area contributed by atoms with Crippen molar-refractivity contribution >= 4 is 5.71 Å². The second-order valence-electron chi connectivity index (χ2n) is 4.39. The zero-order valence-corrected chi connectivity index (χ0v) is 8.87. The molecule has 0 atom stereocenters. The summed E-state index contributed by atoms with van der Waals surface area (Å²) >= 11 is 0. The average molecular weight is 193 g/mol. The minimum atomic E-state index is 0.657. The molecule has 0 amide bonds. The second kappa shape index (κ2) is 4.03. The highest BCUT2D eigenvalue weighted by atomic mass is 15.4. The van der Waals surface area contributed by atoms with Gasteiger partial charge in [-0.25, -0.2) is 0 Å². The molecule has 3 nitrogen and oxygen atoms in total. The van der Waals surface area contributed by atoms with Crippen LogP contribution >= 0.6 is 0 Å². The zero-order chi connectivity index (χ0) is 9.97. The molecule has 2 aliphatic rings. The van der Waals surface area contributed by atoms with Gasteiger partial charge in [0.25, 0.3) is 0 Å². The van der Waals surface area contributed by atoms with Gasteiger partial charge in [0.15, 0.2) is 0 Å². The summed E-state index contributed by atoms with van der Waals surface area (Å²) in [6, 6.07) is 0. The molecule has 14 heavy (non-hydrogen) atoms. The van der Waals surface area contributed by atoms with Crippen molar-refractivity contribution in [2.24, 2.45) is 16.8 Å². The first-order valence-electron chi connectivity index (χ1n) is 5.51. The summed E-state index contributed by atoms with van der Waals surface area (Å²) in [4.78, 5) is 0. The van der Waals surface area contributed by atoms with Gasteiger partial charge in [0, 0.05) is 18.7 Å². The summed E-state index contributed by atoms with van der Waals surface area (Å²) < 4.78 is 0. The number of rotatable bonds is 1. The molecule has 2 N–H and O–H groups in total. The fraction of sp³-hybridized carbons (Fsp3) is 0.727. The highest BCUT2D eigenvalue weighted by Gasteiger charge is 2.20. The molecule has 0 unspecified atom stereocenters. The molecule has 0 aromatic heterocycles. The quantitative estimate of drug-likeness (QED) is 0.689. The standard InChI is InChI=1S/C11H19N3/c1-14-8-10(12)7-11(13-14)9-5-3-2-4-6-9/h7,9H,2-6,8,12H2,1H3. The highest BCUT2D eigenvalue weighted by Crippen LogP contribution is 2.26. The molecule has 1 aliphatic heterocycles. The molecule has 0 bridgehead atoms. The summed E-state index contributed by atoms with van der Waals surface area (Å²) in [5.74, 6) is 0.657. The van der Waals surface area contributed by atoms with E-state index in [9.17, 15) is 0 Å². The third-order valence-corrected chi connectivity index (χ3v) is 3.05. The molecular formula is C11H19N3. The van der Waals surface area contributed by atoms with E-state index in [-0.39, 0.29) is 0 Å². The van der Waals surface area contributed by atoms with Crippen molar-refractivity contribution in [1.82, 2.24) is 5.01 Å². The van der Waals surface area contributed by atoms with E-state index in [0.717, 1.165) is 12.2 Å². The van der Waals surface area contributed by atoms with Gasteiger partial charge in [-0.3, -0.25) is 5.01 Å². The number of nitrogens with zero attached hydrogens (tertiary/aromatic N) is 2. The lowest BCUT2D eigenvalue weighted by molar-refractivity contribution is 0.365. The summed E-state index contributed by atoms with van der Waals surface area (Å²) in [5.41, 5.74) is 8.01. The minimum absolute atomic E-state index is 0.657. The fourth-order valence-electron chi connectivity index (χ4n) is 2.36. The summed E-state index contributed by atoms with van der Waals surface area (Å²) in [6.07, 6.45) is 8.74. The lowest BCUT2D eigenvalue weighted by atomic mass is 9.85. The van der Waals surface area contributed by atoms with E-state index in [0.29, 0.717) is 5.92 Å². The summed E-state index contributed by atoms with van der Waals surface area (Å²) in [5, 5.41) is 6.49. The Morgan fingerprint density at radius 2 is 2.07 bits per heavy atom. The van der Waals surface area contributed by atoms with Crippen molar-refractivity contribution in [2.75, 3.05) is 13.6 Å². The first-order chi connectivity index (χ1) is 6.75. The molecule has 0 saturated heterocycles. The molecule has 0 aromatic carbocycles. The Hall–Kier alpha value is -0.990. The van der Waals surface area contributed by atoms with Crippen LogP contribution in [0.1, 0.15) is 32.1 Å². The molecule has 0 aromatic rings. The van der Waals surface area contributed by atoms with Crippen molar-refractivity contribution in [1.29, 1.82) is 0 Å². The predicted molar refractivity (Wildman–Crippen MR) is 58.9 cm³/mol. The number of hydrogen-bond donors (Lipinski definition) is 1. The summed E-state index contributed by atoms with van der Waals surface area (Å²) in [7, 11) is 1.99. The Morgan fingerprint density at radius 3 is 2.71 bits per heavy atom. The Balaban J connectivity index is 2.08. The monoisotopic (exact) mass is 193 g/mol. The first kappa shape index (κ1) is 9.56. The fourth-order valence-corrected chi connectivity index (χ4v) is 2.36. The third kappa shape index (κ3) is 2.08.